The highest BCUT2D eigenvalue weighted by Gasteiger charge is 2.50. The van der Waals surface area contributed by atoms with Crippen molar-refractivity contribution < 1.29 is 24.9 Å². The van der Waals surface area contributed by atoms with Crippen molar-refractivity contribution >= 4 is 5.97 Å². The van der Waals surface area contributed by atoms with E-state index in [4.69, 9.17) is 4.74 Å². The Kier molecular flexibility index (Phi) is 10.0. The van der Waals surface area contributed by atoms with Crippen LogP contribution in [0.5, 0.6) is 0 Å². The van der Waals surface area contributed by atoms with Crippen LogP contribution in [0.2, 0.25) is 0 Å². The van der Waals surface area contributed by atoms with E-state index in [0.29, 0.717) is 31.3 Å². The lowest BCUT2D eigenvalue weighted by Gasteiger charge is -2.44. The predicted molar refractivity (Wildman–Crippen MR) is 149 cm³/mol. The molecule has 0 heterocycles. The molecule has 3 N–H and O–H groups in total. The van der Waals surface area contributed by atoms with Gasteiger partial charge in [0.05, 0.1) is 30.3 Å². The average Bonchev–Trinajstić information content (AvgIpc) is 3.21. The zero-order valence-electron chi connectivity index (χ0n) is 23.7. The molecule has 3 fully saturated rings. The number of esters is 1. The number of aliphatic hydroxyl groups excluding tert-OH is 3. The van der Waals surface area contributed by atoms with Gasteiger partial charge in [0.25, 0.3) is 0 Å². The highest BCUT2D eigenvalue weighted by Crippen LogP contribution is 2.59. The summed E-state index contributed by atoms with van der Waals surface area (Å²) in [6, 6.07) is 0. The lowest BCUT2D eigenvalue weighted by molar-refractivity contribution is -0.158. The molecule has 0 bridgehead atoms. The van der Waals surface area contributed by atoms with Gasteiger partial charge < -0.3 is 20.1 Å². The lowest BCUT2D eigenvalue weighted by Crippen LogP contribution is -2.38. The molecule has 0 unspecified atom stereocenters. The van der Waals surface area contributed by atoms with Crippen molar-refractivity contribution in [1.82, 2.24) is 0 Å². The standard InChI is InChI=1S/C32H50O5/c1-7-8-18-37-30(36)31(4,5)29(35)16-11-21(2)26-14-15-27-23(10-9-17-32(26,27)6)12-13-24-19-25(33)20-28(34)22(24)3/h11-13,16,21,25-29,33-35H,3,7-10,14-15,17-20H2,1-2,4-6H3/t21-,25-,26-,27+,28+,29-,32-/m1/s1. The zero-order valence-corrected chi connectivity index (χ0v) is 23.7. The Bertz CT molecular complexity index is 912. The van der Waals surface area contributed by atoms with E-state index in [1.165, 1.54) is 12.0 Å². The Morgan fingerprint density at radius 2 is 1.97 bits per heavy atom. The molecule has 3 saturated carbocycles. The van der Waals surface area contributed by atoms with Crippen LogP contribution in [0, 0.1) is 28.6 Å². The molecular weight excluding hydrogens is 464 g/mol. The molecule has 0 aromatic carbocycles. The highest BCUT2D eigenvalue weighted by atomic mass is 16.5. The SMILES string of the molecule is C=C1C(=CC=C2CCC[C@]3(C)[C@@H]([C@H](C)C=C[C@@H](O)C(C)(C)C(=O)OCCCC)CC[C@@H]23)C[C@@H](O)C[C@@H]1O. The average molecular weight is 515 g/mol. The number of fused-ring (bicyclic) bond motifs is 1. The van der Waals surface area contributed by atoms with Crippen molar-refractivity contribution in [2.75, 3.05) is 6.61 Å². The first kappa shape index (κ1) is 29.9. The van der Waals surface area contributed by atoms with Crippen molar-refractivity contribution in [3.05, 3.63) is 47.6 Å². The van der Waals surface area contributed by atoms with Crippen LogP contribution in [0.15, 0.2) is 47.6 Å². The maximum atomic E-state index is 12.5. The first-order valence-electron chi connectivity index (χ1n) is 14.4. The number of ether oxygens (including phenoxy) is 1. The van der Waals surface area contributed by atoms with Crippen LogP contribution in [-0.4, -0.2) is 46.2 Å². The van der Waals surface area contributed by atoms with Gasteiger partial charge in [0, 0.05) is 6.42 Å². The van der Waals surface area contributed by atoms with E-state index in [2.05, 4.69) is 45.6 Å². The van der Waals surface area contributed by atoms with E-state index in [-0.39, 0.29) is 17.3 Å². The van der Waals surface area contributed by atoms with E-state index in [0.717, 1.165) is 49.7 Å². The summed E-state index contributed by atoms with van der Waals surface area (Å²) < 4.78 is 5.38. The molecule has 3 aliphatic carbocycles. The molecule has 37 heavy (non-hydrogen) atoms. The minimum absolute atomic E-state index is 0.189. The molecule has 0 saturated heterocycles. The lowest BCUT2D eigenvalue weighted by atomic mass is 9.61. The molecule has 208 valence electrons. The Hall–Kier alpha value is -1.69. The van der Waals surface area contributed by atoms with E-state index >= 15 is 0 Å². The van der Waals surface area contributed by atoms with Gasteiger partial charge in [-0.2, -0.15) is 0 Å². The number of aliphatic hydroxyl groups is 3. The maximum Gasteiger partial charge on any atom is 0.314 e. The number of carbonyl (C=O) groups excluding carboxylic acids is 1. The number of rotatable bonds is 9. The van der Waals surface area contributed by atoms with Crippen LogP contribution in [0.25, 0.3) is 0 Å². The Morgan fingerprint density at radius 1 is 1.24 bits per heavy atom. The first-order chi connectivity index (χ1) is 17.4. The van der Waals surface area contributed by atoms with Gasteiger partial charge in [-0.15, -0.1) is 0 Å². The van der Waals surface area contributed by atoms with Crippen molar-refractivity contribution in [2.24, 2.45) is 28.6 Å². The third-order valence-corrected chi connectivity index (χ3v) is 9.53. The summed E-state index contributed by atoms with van der Waals surface area (Å²) in [4.78, 5) is 12.5. The van der Waals surface area contributed by atoms with Crippen LogP contribution in [-0.2, 0) is 9.53 Å². The zero-order chi connectivity index (χ0) is 27.4. The van der Waals surface area contributed by atoms with E-state index in [1.807, 2.05) is 0 Å². The summed E-state index contributed by atoms with van der Waals surface area (Å²) in [5.74, 6) is 0.957. The maximum absolute atomic E-state index is 12.5. The molecule has 7 atom stereocenters. The number of hydrogen-bond donors (Lipinski definition) is 3. The Morgan fingerprint density at radius 3 is 2.68 bits per heavy atom. The fraction of sp³-hybridized carbons (Fsp3) is 0.719. The first-order valence-corrected chi connectivity index (χ1v) is 14.4. The van der Waals surface area contributed by atoms with Gasteiger partial charge in [0.2, 0.25) is 0 Å². The van der Waals surface area contributed by atoms with Gasteiger partial charge in [-0.1, -0.05) is 63.6 Å². The third kappa shape index (κ3) is 6.66. The van der Waals surface area contributed by atoms with Crippen LogP contribution in [0.4, 0.5) is 0 Å². The van der Waals surface area contributed by atoms with Crippen molar-refractivity contribution in [3.63, 3.8) is 0 Å². The number of unbranched alkanes of at least 4 members (excludes halogenated alkanes) is 1. The third-order valence-electron chi connectivity index (χ3n) is 9.53. The minimum atomic E-state index is -0.982. The largest absolute Gasteiger partial charge is 0.465 e. The predicted octanol–water partition coefficient (Wildman–Crippen LogP) is 6.05. The minimum Gasteiger partial charge on any atom is -0.465 e. The summed E-state index contributed by atoms with van der Waals surface area (Å²) in [5.41, 5.74) is 2.37. The second-order valence-electron chi connectivity index (χ2n) is 12.6. The van der Waals surface area contributed by atoms with Gasteiger partial charge in [-0.25, -0.2) is 0 Å². The summed E-state index contributed by atoms with van der Waals surface area (Å²) in [6.07, 6.45) is 14.6. The second kappa shape index (κ2) is 12.4. The van der Waals surface area contributed by atoms with E-state index in [9.17, 15) is 20.1 Å². The van der Waals surface area contributed by atoms with Gasteiger partial charge in [-0.05, 0) is 93.1 Å². The van der Waals surface area contributed by atoms with Gasteiger partial charge in [-0.3, -0.25) is 4.79 Å². The number of carbonyl (C=O) groups is 1. The molecular formula is C32H50O5. The van der Waals surface area contributed by atoms with Gasteiger partial charge in [0.1, 0.15) is 0 Å². The molecule has 0 amide bonds. The summed E-state index contributed by atoms with van der Waals surface area (Å²) in [5, 5.41) is 31.1. The summed E-state index contributed by atoms with van der Waals surface area (Å²) in [6.45, 7) is 14.7. The van der Waals surface area contributed by atoms with Crippen molar-refractivity contribution in [3.8, 4) is 0 Å². The summed E-state index contributed by atoms with van der Waals surface area (Å²) >= 11 is 0. The van der Waals surface area contributed by atoms with E-state index < -0.39 is 23.7 Å². The molecule has 0 aromatic heterocycles. The smallest absolute Gasteiger partial charge is 0.314 e. The molecule has 5 nitrogen and oxygen atoms in total. The monoisotopic (exact) mass is 514 g/mol. The Labute approximate surface area is 224 Å². The fourth-order valence-corrected chi connectivity index (χ4v) is 6.88. The summed E-state index contributed by atoms with van der Waals surface area (Å²) in [7, 11) is 0. The topological polar surface area (TPSA) is 87.0 Å². The molecule has 0 aromatic rings. The normalized spacial score (nSPS) is 34.6. The van der Waals surface area contributed by atoms with Crippen LogP contribution < -0.4 is 0 Å². The quantitative estimate of drug-likeness (QED) is 0.198. The second-order valence-corrected chi connectivity index (χ2v) is 12.6. The van der Waals surface area contributed by atoms with Gasteiger partial charge in [0.15, 0.2) is 0 Å². The van der Waals surface area contributed by atoms with E-state index in [1.54, 1.807) is 19.9 Å². The fourth-order valence-electron chi connectivity index (χ4n) is 6.88. The number of allylic oxidation sites excluding steroid dienone is 4. The highest BCUT2D eigenvalue weighted by molar-refractivity contribution is 5.77. The molecule has 5 heteroatoms. The molecule has 0 aliphatic heterocycles. The van der Waals surface area contributed by atoms with Crippen molar-refractivity contribution in [2.45, 2.75) is 111 Å². The van der Waals surface area contributed by atoms with Gasteiger partial charge >= 0.3 is 5.97 Å². The molecule has 0 spiro atoms. The van der Waals surface area contributed by atoms with Crippen LogP contribution >= 0.6 is 0 Å². The van der Waals surface area contributed by atoms with Crippen LogP contribution in [0.3, 0.4) is 0 Å². The molecule has 3 rings (SSSR count). The molecule has 3 aliphatic rings. The Balaban J connectivity index is 1.69. The molecule has 0 radical (unpaired) electrons. The number of hydrogen-bond acceptors (Lipinski definition) is 5. The van der Waals surface area contributed by atoms with Crippen molar-refractivity contribution in [1.29, 1.82) is 0 Å². The van der Waals surface area contributed by atoms with Crippen LogP contribution in [0.1, 0.15) is 92.4 Å².